The Balaban J connectivity index is 1.08. The predicted octanol–water partition coefficient (Wildman–Crippen LogP) is 8.26. The highest BCUT2D eigenvalue weighted by atomic mass is 35.5. The van der Waals surface area contributed by atoms with Gasteiger partial charge in [0, 0.05) is 16.9 Å². The number of benzene rings is 5. The second-order valence-corrected chi connectivity index (χ2v) is 15.8. The third-order valence-electron chi connectivity index (χ3n) is 11.8. The third-order valence-corrected chi connectivity index (χ3v) is 13.2. The number of halogens is 3. The standard InChI is InChI=1S/C43H28Cl2FN3O6/c44-42-21-31-29(17-18-30-35(31)39(52)48(38(30)51)24-13-9-22(10-14-24)37-47-32-7-3-4-8-34(32)55-37)36(28-19-20-33(50)27-6-2-1-5-26(27)28)43(42,45)41(54)49(40(42)53)25-15-11-23(46)12-16-25/h1-17,19-20,30-31,35-36,50H,18,21H2. The molecule has 5 aromatic carbocycles. The highest BCUT2D eigenvalue weighted by Crippen LogP contribution is 2.66. The monoisotopic (exact) mass is 771 g/mol. The van der Waals surface area contributed by atoms with E-state index >= 15 is 0 Å². The number of carbonyl (C=O) groups is 4. The molecule has 0 radical (unpaired) electrons. The molecule has 0 bridgehead atoms. The number of alkyl halides is 2. The Kier molecular flexibility index (Phi) is 7.25. The number of rotatable bonds is 4. The van der Waals surface area contributed by atoms with Gasteiger partial charge in [-0.2, -0.15) is 0 Å². The molecule has 272 valence electrons. The Morgan fingerprint density at radius 2 is 1.42 bits per heavy atom. The first kappa shape index (κ1) is 33.7. The van der Waals surface area contributed by atoms with Crippen molar-refractivity contribution in [2.45, 2.75) is 28.5 Å². The van der Waals surface area contributed by atoms with Crippen LogP contribution in [0.1, 0.15) is 24.3 Å². The van der Waals surface area contributed by atoms with E-state index in [2.05, 4.69) is 4.98 Å². The smallest absolute Gasteiger partial charge is 0.258 e. The normalized spacial score (nSPS) is 27.4. The molecule has 4 aliphatic rings. The van der Waals surface area contributed by atoms with Crippen molar-refractivity contribution in [3.8, 4) is 17.2 Å². The van der Waals surface area contributed by atoms with Gasteiger partial charge in [0.25, 0.3) is 11.8 Å². The quantitative estimate of drug-likeness (QED) is 0.109. The van der Waals surface area contributed by atoms with Crippen molar-refractivity contribution in [3.05, 3.63) is 132 Å². The van der Waals surface area contributed by atoms with E-state index in [1.165, 1.54) is 23.1 Å². The molecule has 3 fully saturated rings. The lowest BCUT2D eigenvalue weighted by Crippen LogP contribution is -2.60. The van der Waals surface area contributed by atoms with Crippen molar-refractivity contribution in [2.75, 3.05) is 9.80 Å². The maximum Gasteiger partial charge on any atom is 0.258 e. The molecule has 4 amide bonds. The molecule has 10 rings (SSSR count). The summed E-state index contributed by atoms with van der Waals surface area (Å²) in [5, 5.41) is 11.9. The molecule has 2 saturated heterocycles. The van der Waals surface area contributed by atoms with Gasteiger partial charge in [0.1, 0.15) is 17.1 Å². The number of nitrogens with zero attached hydrogens (tertiary/aromatic N) is 3. The van der Waals surface area contributed by atoms with Gasteiger partial charge in [-0.05, 0) is 96.4 Å². The van der Waals surface area contributed by atoms with Gasteiger partial charge in [0.2, 0.25) is 17.7 Å². The third kappa shape index (κ3) is 4.55. The molecule has 6 unspecified atom stereocenters. The van der Waals surface area contributed by atoms with Crippen LogP contribution < -0.4 is 9.80 Å². The number of allylic oxidation sites excluding steroid dienone is 2. The summed E-state index contributed by atoms with van der Waals surface area (Å²) < 4.78 is 19.9. The van der Waals surface area contributed by atoms with Gasteiger partial charge in [-0.3, -0.25) is 24.1 Å². The molecule has 1 aromatic heterocycles. The topological polar surface area (TPSA) is 121 Å². The number of para-hydroxylation sites is 2. The number of phenols is 1. The van der Waals surface area contributed by atoms with Crippen molar-refractivity contribution in [3.63, 3.8) is 0 Å². The van der Waals surface area contributed by atoms with Crippen molar-refractivity contribution in [2.24, 2.45) is 17.8 Å². The highest BCUT2D eigenvalue weighted by Gasteiger charge is 2.76. The van der Waals surface area contributed by atoms with Crippen molar-refractivity contribution in [1.82, 2.24) is 4.98 Å². The van der Waals surface area contributed by atoms with Crippen LogP contribution in [0.5, 0.6) is 5.75 Å². The average Bonchev–Trinajstić information content (AvgIpc) is 3.79. The fourth-order valence-electron chi connectivity index (χ4n) is 9.31. The number of carbonyl (C=O) groups excluding carboxylic acids is 4. The number of oxazole rings is 1. The number of hydrogen-bond donors (Lipinski definition) is 1. The van der Waals surface area contributed by atoms with Crippen LogP contribution in [0, 0.1) is 23.6 Å². The van der Waals surface area contributed by atoms with Crippen molar-refractivity contribution in [1.29, 1.82) is 0 Å². The van der Waals surface area contributed by atoms with Crippen LogP contribution in [0.3, 0.4) is 0 Å². The van der Waals surface area contributed by atoms with Gasteiger partial charge >= 0.3 is 0 Å². The molecule has 2 aliphatic carbocycles. The lowest BCUT2D eigenvalue weighted by Gasteiger charge is -2.51. The molecule has 2 aliphatic heterocycles. The minimum atomic E-state index is -2.11. The zero-order valence-electron chi connectivity index (χ0n) is 28.7. The molecule has 3 heterocycles. The zero-order chi connectivity index (χ0) is 38.0. The molecule has 12 heteroatoms. The maximum absolute atomic E-state index is 14.8. The van der Waals surface area contributed by atoms with E-state index in [4.69, 9.17) is 27.6 Å². The van der Waals surface area contributed by atoms with E-state index in [-0.39, 0.29) is 30.2 Å². The molecule has 1 saturated carbocycles. The van der Waals surface area contributed by atoms with Crippen LogP contribution in [-0.2, 0) is 19.2 Å². The Morgan fingerprint density at radius 1 is 0.745 bits per heavy atom. The van der Waals surface area contributed by atoms with E-state index in [0.29, 0.717) is 50.2 Å². The molecule has 6 aromatic rings. The number of phenolic OH excluding ortho intramolecular Hbond substituents is 1. The van der Waals surface area contributed by atoms with Crippen LogP contribution in [0.4, 0.5) is 15.8 Å². The van der Waals surface area contributed by atoms with E-state index in [1.807, 2.05) is 30.3 Å². The van der Waals surface area contributed by atoms with Crippen LogP contribution in [0.2, 0.25) is 0 Å². The van der Waals surface area contributed by atoms with Gasteiger partial charge in [-0.15, -0.1) is 23.2 Å². The summed E-state index contributed by atoms with van der Waals surface area (Å²) in [5.74, 6) is -6.13. The summed E-state index contributed by atoms with van der Waals surface area (Å²) in [6.07, 6.45) is 1.82. The SMILES string of the molecule is O=C1C2CC=C3C(CC4(Cl)C(=O)N(c5ccc(F)cc5)C(=O)C4(Cl)C3c3ccc(O)c4ccccc34)C2C(=O)N1c1ccc(-c2nc3ccccc3o2)cc1. The fraction of sp³-hybridized carbons (Fsp3) is 0.186. The first-order chi connectivity index (χ1) is 26.5. The van der Waals surface area contributed by atoms with Crippen molar-refractivity contribution >= 4 is 80.1 Å². The van der Waals surface area contributed by atoms with Crippen LogP contribution in [-0.4, -0.2) is 43.5 Å². The van der Waals surface area contributed by atoms with Crippen molar-refractivity contribution < 1.29 is 33.1 Å². The van der Waals surface area contributed by atoms with E-state index in [1.54, 1.807) is 54.6 Å². The Hall–Kier alpha value is -5.84. The van der Waals surface area contributed by atoms with Gasteiger partial charge in [0.05, 0.1) is 23.2 Å². The minimum Gasteiger partial charge on any atom is -0.507 e. The Labute approximate surface area is 322 Å². The summed E-state index contributed by atoms with van der Waals surface area (Å²) in [6, 6.07) is 29.3. The minimum absolute atomic E-state index is 0.00116. The Bertz CT molecular complexity index is 2660. The van der Waals surface area contributed by atoms with Crippen LogP contribution >= 0.6 is 23.2 Å². The molecule has 1 N–H and O–H groups in total. The first-order valence-electron chi connectivity index (χ1n) is 17.8. The maximum atomic E-state index is 14.8. The lowest BCUT2D eigenvalue weighted by molar-refractivity contribution is -0.125. The number of aromatic hydroxyl groups is 1. The summed E-state index contributed by atoms with van der Waals surface area (Å²) in [7, 11) is 0. The summed E-state index contributed by atoms with van der Waals surface area (Å²) in [4.78, 5) is 60.7. The average molecular weight is 773 g/mol. The fourth-order valence-corrected chi connectivity index (χ4v) is 10.2. The highest BCUT2D eigenvalue weighted by molar-refractivity contribution is 6.58. The van der Waals surface area contributed by atoms with Crippen LogP contribution in [0.25, 0.3) is 33.3 Å². The van der Waals surface area contributed by atoms with Gasteiger partial charge in [-0.1, -0.05) is 54.1 Å². The second-order valence-electron chi connectivity index (χ2n) is 14.5. The molecular formula is C43H28Cl2FN3O6. The first-order valence-corrected chi connectivity index (χ1v) is 18.5. The van der Waals surface area contributed by atoms with Gasteiger partial charge < -0.3 is 9.52 Å². The molecule has 6 atom stereocenters. The molecule has 55 heavy (non-hydrogen) atoms. The van der Waals surface area contributed by atoms with Gasteiger partial charge in [0.15, 0.2) is 15.3 Å². The molecule has 0 spiro atoms. The van der Waals surface area contributed by atoms with E-state index < -0.39 is 57.0 Å². The summed E-state index contributed by atoms with van der Waals surface area (Å²) in [6.45, 7) is 0. The number of hydrogen-bond acceptors (Lipinski definition) is 7. The Morgan fingerprint density at radius 3 is 2.16 bits per heavy atom. The number of anilines is 2. The molecule has 9 nitrogen and oxygen atoms in total. The van der Waals surface area contributed by atoms with Crippen LogP contribution in [0.15, 0.2) is 125 Å². The second kappa shape index (κ2) is 11.8. The summed E-state index contributed by atoms with van der Waals surface area (Å²) in [5.41, 5.74) is 3.58. The van der Waals surface area contributed by atoms with Gasteiger partial charge in [-0.25, -0.2) is 14.3 Å². The van der Waals surface area contributed by atoms with E-state index in [0.717, 1.165) is 17.0 Å². The number of aromatic nitrogens is 1. The van der Waals surface area contributed by atoms with E-state index in [9.17, 15) is 28.7 Å². The lowest BCUT2D eigenvalue weighted by atomic mass is 9.56. The number of amides is 4. The predicted molar refractivity (Wildman–Crippen MR) is 204 cm³/mol. The summed E-state index contributed by atoms with van der Waals surface area (Å²) >= 11 is 15.1. The molecular weight excluding hydrogens is 744 g/mol. The number of imide groups is 2. The largest absolute Gasteiger partial charge is 0.507 e. The number of fused-ring (bicyclic) bond motifs is 6. The zero-order valence-corrected chi connectivity index (χ0v) is 30.2.